The molecule has 0 radical (unpaired) electrons. The summed E-state index contributed by atoms with van der Waals surface area (Å²) in [6.45, 7) is 0.806. The van der Waals surface area contributed by atoms with Crippen molar-refractivity contribution in [2.45, 2.75) is 19.3 Å². The van der Waals surface area contributed by atoms with Crippen LogP contribution in [-0.4, -0.2) is 27.0 Å². The maximum atomic E-state index is 9.06. The summed E-state index contributed by atoms with van der Waals surface area (Å²) < 4.78 is 8.05. The highest BCUT2D eigenvalue weighted by Gasteiger charge is 2.18. The standard InChI is InChI=1S/C18H14Cl4N2O.CH4NO3/c19-12-4-5-13(17(22)8-12)18(9-24-7-6-23-11-24)25-10-14-15(20)2-1-3-16(14)21;1-5-2(3)4/h1-8,11,18H,9-10H2;1H3,(H,3,4)/q;+1. The predicted octanol–water partition coefficient (Wildman–Crippen LogP) is 6.17. The second kappa shape index (κ2) is 12.0. The molecule has 160 valence electrons. The third kappa shape index (κ3) is 7.34. The first-order valence-electron chi connectivity index (χ1n) is 8.47. The molecule has 0 spiro atoms. The lowest BCUT2D eigenvalue weighted by molar-refractivity contribution is -0.971. The van der Waals surface area contributed by atoms with Crippen LogP contribution in [0.15, 0.2) is 55.1 Å². The molecule has 30 heavy (non-hydrogen) atoms. The lowest BCUT2D eigenvalue weighted by Gasteiger charge is -2.21. The number of imidazole rings is 1. The van der Waals surface area contributed by atoms with Crippen LogP contribution in [0.2, 0.25) is 20.1 Å². The van der Waals surface area contributed by atoms with Crippen molar-refractivity contribution in [3.05, 3.63) is 91.2 Å². The summed E-state index contributed by atoms with van der Waals surface area (Å²) in [5, 5.41) is 9.04. The Bertz CT molecular complexity index is 950. The normalized spacial score (nSPS) is 11.4. The average Bonchev–Trinajstić information content (AvgIpc) is 3.20. The van der Waals surface area contributed by atoms with E-state index in [1.165, 1.54) is 0 Å². The van der Waals surface area contributed by atoms with Gasteiger partial charge in [0.15, 0.2) is 7.11 Å². The van der Waals surface area contributed by atoms with Crippen LogP contribution in [0.25, 0.3) is 0 Å². The van der Waals surface area contributed by atoms with Gasteiger partial charge in [-0.1, -0.05) is 58.5 Å². The minimum absolute atomic E-state index is 0.261. The molecule has 0 amide bonds. The zero-order valence-corrected chi connectivity index (χ0v) is 18.7. The molecule has 0 aliphatic heterocycles. The molecule has 3 rings (SSSR count). The summed E-state index contributed by atoms with van der Waals surface area (Å²) in [4.78, 5) is 16.7. The highest BCUT2D eigenvalue weighted by molar-refractivity contribution is 6.36. The third-order valence-corrected chi connectivity index (χ3v) is 5.16. The van der Waals surface area contributed by atoms with Crippen molar-refractivity contribution in [3.63, 3.8) is 0 Å². The van der Waals surface area contributed by atoms with Gasteiger partial charge in [-0.2, -0.15) is 4.84 Å². The Kier molecular flexibility index (Phi) is 9.68. The van der Waals surface area contributed by atoms with E-state index in [1.54, 1.807) is 42.9 Å². The summed E-state index contributed by atoms with van der Waals surface area (Å²) in [5.41, 5.74) is 1.58. The number of hydrogen-bond acceptors (Lipinski definition) is 4. The van der Waals surface area contributed by atoms with Crippen molar-refractivity contribution in [3.8, 4) is 0 Å². The summed E-state index contributed by atoms with van der Waals surface area (Å²) in [6, 6.07) is 10.7. The smallest absolute Gasteiger partial charge is 0.367 e. The van der Waals surface area contributed by atoms with Crippen LogP contribution in [0.4, 0.5) is 0 Å². The fraction of sp³-hybridized carbons (Fsp3) is 0.211. The van der Waals surface area contributed by atoms with Gasteiger partial charge in [0.1, 0.15) is 11.0 Å². The molecular weight excluding hydrogens is 476 g/mol. The fourth-order valence-corrected chi connectivity index (χ4v) is 3.48. The second-order valence-corrected chi connectivity index (χ2v) is 7.50. The number of hydrogen-bond donors (Lipinski definition) is 1. The summed E-state index contributed by atoms with van der Waals surface area (Å²) in [6.07, 6.45) is 4.99. The Hall–Kier alpha value is -2.03. The van der Waals surface area contributed by atoms with Crippen LogP contribution in [0, 0.1) is 4.91 Å². The maximum absolute atomic E-state index is 9.06. The lowest BCUT2D eigenvalue weighted by atomic mass is 10.1. The molecule has 0 saturated carbocycles. The van der Waals surface area contributed by atoms with Crippen LogP contribution in [-0.2, 0) is 22.7 Å². The monoisotopic (exact) mass is 492 g/mol. The van der Waals surface area contributed by atoms with Gasteiger partial charge in [0, 0.05) is 43.6 Å². The first kappa shape index (κ1) is 24.2. The zero-order chi connectivity index (χ0) is 22.1. The van der Waals surface area contributed by atoms with Crippen LogP contribution >= 0.6 is 46.4 Å². The highest BCUT2D eigenvalue weighted by Crippen LogP contribution is 2.32. The second-order valence-electron chi connectivity index (χ2n) is 5.85. The molecule has 0 aliphatic rings. The first-order chi connectivity index (χ1) is 14.3. The molecule has 1 N–H and O–H groups in total. The van der Waals surface area contributed by atoms with Gasteiger partial charge in [-0.05, 0) is 24.3 Å². The molecule has 1 heterocycles. The van der Waals surface area contributed by atoms with Crippen molar-refractivity contribution in [1.82, 2.24) is 9.55 Å². The molecule has 0 saturated heterocycles. The van der Waals surface area contributed by atoms with Gasteiger partial charge in [-0.25, -0.2) is 10.2 Å². The molecular formula is C19H18Cl4N3O4+. The Morgan fingerprint density at radius 2 is 1.80 bits per heavy atom. The summed E-state index contributed by atoms with van der Waals surface area (Å²) in [5.74, 6) is 0. The molecule has 3 aromatic rings. The van der Waals surface area contributed by atoms with Gasteiger partial charge in [0.25, 0.3) is 0 Å². The molecule has 1 aromatic heterocycles. The van der Waals surface area contributed by atoms with Crippen molar-refractivity contribution in [2.24, 2.45) is 0 Å². The van der Waals surface area contributed by atoms with Crippen molar-refractivity contribution in [1.29, 1.82) is 0 Å². The van der Waals surface area contributed by atoms with E-state index in [0.717, 1.165) is 18.2 Å². The molecule has 2 aromatic carbocycles. The Labute approximate surface area is 193 Å². The Balaban J connectivity index is 0.000000575. The van der Waals surface area contributed by atoms with Gasteiger partial charge in [0.2, 0.25) is 0 Å². The van der Waals surface area contributed by atoms with Crippen LogP contribution in [0.3, 0.4) is 0 Å². The van der Waals surface area contributed by atoms with Crippen molar-refractivity contribution in [2.75, 3.05) is 7.11 Å². The minimum Gasteiger partial charge on any atom is -0.367 e. The van der Waals surface area contributed by atoms with Crippen LogP contribution in [0.1, 0.15) is 17.2 Å². The first-order valence-corrected chi connectivity index (χ1v) is 9.98. The highest BCUT2D eigenvalue weighted by atomic mass is 35.5. The number of aromatic nitrogens is 2. The van der Waals surface area contributed by atoms with Crippen LogP contribution in [0.5, 0.6) is 0 Å². The predicted molar refractivity (Wildman–Crippen MR) is 115 cm³/mol. The maximum Gasteiger partial charge on any atom is 0.474 e. The quantitative estimate of drug-likeness (QED) is 0.398. The zero-order valence-electron chi connectivity index (χ0n) is 15.7. The molecule has 0 aliphatic carbocycles. The molecule has 11 heteroatoms. The third-order valence-electron chi connectivity index (χ3n) is 3.89. The average molecular weight is 494 g/mol. The molecule has 0 fully saturated rings. The fourth-order valence-electron chi connectivity index (χ4n) is 2.44. The number of ether oxygens (including phenoxy) is 1. The number of halogens is 4. The van der Waals surface area contributed by atoms with E-state index in [2.05, 4.69) is 9.82 Å². The topological polar surface area (TPSA) is 76.6 Å². The minimum atomic E-state index is -0.625. The summed E-state index contributed by atoms with van der Waals surface area (Å²) in [7, 11) is 1.06. The van der Waals surface area contributed by atoms with Gasteiger partial charge < -0.3 is 9.30 Å². The summed E-state index contributed by atoms with van der Waals surface area (Å²) >= 11 is 24.8. The molecule has 1 atom stereocenters. The molecule has 0 bridgehead atoms. The van der Waals surface area contributed by atoms with Crippen molar-refractivity contribution >= 4 is 46.4 Å². The number of rotatable bonds is 7. The van der Waals surface area contributed by atoms with Gasteiger partial charge in [0.05, 0.1) is 19.5 Å². The van der Waals surface area contributed by atoms with E-state index >= 15 is 0 Å². The van der Waals surface area contributed by atoms with Gasteiger partial charge >= 0.3 is 5.09 Å². The van der Waals surface area contributed by atoms with Gasteiger partial charge in [-0.15, -0.1) is 0 Å². The SMILES string of the molecule is CO[N+](=O)O.Clc1ccc(C(Cn2ccnc2)OCc2c(Cl)cccc2Cl)c(Cl)c1. The van der Waals surface area contributed by atoms with E-state index in [9.17, 15) is 0 Å². The van der Waals surface area contributed by atoms with Gasteiger partial charge in [-0.3, -0.25) is 0 Å². The van der Waals surface area contributed by atoms with E-state index in [1.807, 2.05) is 16.8 Å². The van der Waals surface area contributed by atoms with E-state index in [-0.39, 0.29) is 12.7 Å². The van der Waals surface area contributed by atoms with Crippen molar-refractivity contribution < 1.29 is 19.9 Å². The number of nitrogens with zero attached hydrogens (tertiary/aromatic N) is 3. The van der Waals surface area contributed by atoms with E-state index < -0.39 is 5.09 Å². The number of benzene rings is 2. The van der Waals surface area contributed by atoms with E-state index in [0.29, 0.717) is 26.6 Å². The largest absolute Gasteiger partial charge is 0.474 e. The molecule has 1 unspecified atom stereocenters. The van der Waals surface area contributed by atoms with E-state index in [4.69, 9.17) is 61.3 Å². The molecule has 7 nitrogen and oxygen atoms in total. The lowest BCUT2D eigenvalue weighted by Crippen LogP contribution is -2.13. The Morgan fingerprint density at radius 1 is 1.13 bits per heavy atom. The Morgan fingerprint density at radius 3 is 2.33 bits per heavy atom. The van der Waals surface area contributed by atoms with Crippen LogP contribution < -0.4 is 0 Å².